The van der Waals surface area contributed by atoms with Gasteiger partial charge in [-0.2, -0.15) is 0 Å². The largest absolute Gasteiger partial charge is 0.383 e. The minimum atomic E-state index is -1.82. The van der Waals surface area contributed by atoms with E-state index in [0.29, 0.717) is 5.69 Å². The highest BCUT2D eigenvalue weighted by atomic mass is 19.1. The fraction of sp³-hybridized carbons (Fsp3) is 0.444. The third-order valence-corrected chi connectivity index (χ3v) is 4.96. The lowest BCUT2D eigenvalue weighted by molar-refractivity contribution is -0.146. The average molecular weight is 377 g/mol. The Balaban J connectivity index is 2.06. The predicted octanol–water partition coefficient (Wildman–Crippen LogP) is -0.0964. The number of hydrogen-bond acceptors (Lipinski definition) is 5. The van der Waals surface area contributed by atoms with Crippen LogP contribution < -0.4 is 4.90 Å². The molecule has 1 atom stereocenters. The van der Waals surface area contributed by atoms with Gasteiger partial charge in [0.1, 0.15) is 12.4 Å². The number of imide groups is 1. The number of likely N-dealkylation sites (tertiary alicyclic amines) is 1. The summed E-state index contributed by atoms with van der Waals surface area (Å²) in [7, 11) is 4.47. The van der Waals surface area contributed by atoms with Gasteiger partial charge in [0.25, 0.3) is 5.91 Å². The molecule has 0 aromatic heterocycles. The number of ether oxygens (including phenoxy) is 1. The topological polar surface area (TPSA) is 87.2 Å². The molecule has 0 N–H and O–H groups in total. The van der Waals surface area contributed by atoms with Crippen LogP contribution in [0, 0.1) is 5.82 Å². The Kier molecular flexibility index (Phi) is 4.73. The molecule has 27 heavy (non-hydrogen) atoms. The predicted molar refractivity (Wildman–Crippen MR) is 92.3 cm³/mol. The molecular formula is C18H20FN3O5. The highest BCUT2D eigenvalue weighted by Crippen LogP contribution is 2.48. The van der Waals surface area contributed by atoms with Crippen LogP contribution in [0.15, 0.2) is 18.2 Å². The summed E-state index contributed by atoms with van der Waals surface area (Å²) in [5.41, 5.74) is -1.29. The van der Waals surface area contributed by atoms with Crippen LogP contribution in [0.4, 0.5) is 10.1 Å². The van der Waals surface area contributed by atoms with Crippen molar-refractivity contribution in [1.29, 1.82) is 0 Å². The van der Waals surface area contributed by atoms with Crippen molar-refractivity contribution in [3.63, 3.8) is 0 Å². The second kappa shape index (κ2) is 6.73. The van der Waals surface area contributed by atoms with E-state index in [-0.39, 0.29) is 18.7 Å². The summed E-state index contributed by atoms with van der Waals surface area (Å²) in [4.78, 5) is 54.2. The molecule has 0 saturated carbocycles. The van der Waals surface area contributed by atoms with Gasteiger partial charge in [0.15, 0.2) is 5.41 Å². The van der Waals surface area contributed by atoms with Gasteiger partial charge in [-0.3, -0.25) is 24.1 Å². The van der Waals surface area contributed by atoms with Gasteiger partial charge in [0.05, 0.1) is 13.0 Å². The number of hydrogen-bond donors (Lipinski definition) is 0. The van der Waals surface area contributed by atoms with Crippen LogP contribution >= 0.6 is 0 Å². The molecule has 2 aliphatic heterocycles. The first-order valence-electron chi connectivity index (χ1n) is 8.40. The van der Waals surface area contributed by atoms with Crippen molar-refractivity contribution in [2.75, 3.05) is 45.8 Å². The maximum atomic E-state index is 13.9. The molecule has 1 aromatic rings. The number of halogens is 1. The standard InChI is InChI=1S/C18H20FN3O5/c1-20(2)15(24)10-22-14(23)9-18(17(22)26)12-8-11(19)4-5-13(12)21(16(18)25)6-7-27-3/h4-5,8H,6-7,9-10H2,1-3H3. The van der Waals surface area contributed by atoms with E-state index in [0.717, 1.165) is 11.0 Å². The van der Waals surface area contributed by atoms with Gasteiger partial charge in [-0.25, -0.2) is 4.39 Å². The number of benzene rings is 1. The fourth-order valence-corrected chi connectivity index (χ4v) is 3.50. The normalized spacial score (nSPS) is 21.4. The van der Waals surface area contributed by atoms with Crippen molar-refractivity contribution in [2.45, 2.75) is 11.8 Å². The van der Waals surface area contributed by atoms with Crippen LogP contribution in [0.25, 0.3) is 0 Å². The number of nitrogens with zero attached hydrogens (tertiary/aromatic N) is 3. The molecule has 0 radical (unpaired) electrons. The molecule has 2 aliphatic rings. The van der Waals surface area contributed by atoms with E-state index < -0.39 is 47.8 Å². The van der Waals surface area contributed by atoms with Crippen molar-refractivity contribution >= 4 is 29.3 Å². The first-order chi connectivity index (χ1) is 12.7. The van der Waals surface area contributed by atoms with Crippen molar-refractivity contribution in [1.82, 2.24) is 9.80 Å². The minimum Gasteiger partial charge on any atom is -0.383 e. The molecule has 1 fully saturated rings. The molecule has 1 spiro atoms. The first-order valence-corrected chi connectivity index (χ1v) is 8.40. The van der Waals surface area contributed by atoms with Crippen molar-refractivity contribution in [3.8, 4) is 0 Å². The molecule has 1 unspecified atom stereocenters. The highest BCUT2D eigenvalue weighted by molar-refractivity contribution is 6.29. The first kappa shape index (κ1) is 19.0. The van der Waals surface area contributed by atoms with E-state index >= 15 is 0 Å². The molecular weight excluding hydrogens is 357 g/mol. The smallest absolute Gasteiger partial charge is 0.250 e. The Morgan fingerprint density at radius 1 is 1.22 bits per heavy atom. The lowest BCUT2D eigenvalue weighted by Crippen LogP contribution is -2.48. The molecule has 9 heteroatoms. The maximum absolute atomic E-state index is 13.9. The molecule has 8 nitrogen and oxygen atoms in total. The molecule has 0 bridgehead atoms. The number of rotatable bonds is 5. The number of likely N-dealkylation sites (N-methyl/N-ethyl adjacent to an activating group) is 1. The van der Waals surface area contributed by atoms with Gasteiger partial charge in [0, 0.05) is 39.0 Å². The molecule has 144 valence electrons. The number of methoxy groups -OCH3 is 1. The maximum Gasteiger partial charge on any atom is 0.250 e. The monoisotopic (exact) mass is 377 g/mol. The highest BCUT2D eigenvalue weighted by Gasteiger charge is 2.63. The molecule has 4 amide bonds. The summed E-state index contributed by atoms with van der Waals surface area (Å²) in [6.07, 6.45) is -0.425. The lowest BCUT2D eigenvalue weighted by atomic mass is 9.80. The van der Waals surface area contributed by atoms with Gasteiger partial charge >= 0.3 is 0 Å². The third kappa shape index (κ3) is 2.78. The SMILES string of the molecule is COCCN1C(=O)C2(CC(=O)N(CC(=O)N(C)C)C2=O)c2cc(F)ccc21. The number of fused-ring (bicyclic) bond motifs is 2. The number of amides is 4. The minimum absolute atomic E-state index is 0.154. The van der Waals surface area contributed by atoms with Crippen LogP contribution in [0.5, 0.6) is 0 Å². The van der Waals surface area contributed by atoms with E-state index in [2.05, 4.69) is 0 Å². The summed E-state index contributed by atoms with van der Waals surface area (Å²) in [6, 6.07) is 3.72. The summed E-state index contributed by atoms with van der Waals surface area (Å²) >= 11 is 0. The van der Waals surface area contributed by atoms with E-state index in [1.807, 2.05) is 0 Å². The van der Waals surface area contributed by atoms with Gasteiger partial charge in [-0.1, -0.05) is 0 Å². The molecule has 2 heterocycles. The fourth-order valence-electron chi connectivity index (χ4n) is 3.50. The van der Waals surface area contributed by atoms with Crippen LogP contribution in [-0.4, -0.2) is 74.3 Å². The molecule has 1 saturated heterocycles. The average Bonchev–Trinajstić information content (AvgIpc) is 3.00. The zero-order valence-corrected chi connectivity index (χ0v) is 15.3. The number of carbonyl (C=O) groups is 4. The number of carbonyl (C=O) groups excluding carboxylic acids is 4. The Bertz CT molecular complexity index is 840. The van der Waals surface area contributed by atoms with E-state index in [9.17, 15) is 23.6 Å². The second-order valence-electron chi connectivity index (χ2n) is 6.77. The second-order valence-corrected chi connectivity index (χ2v) is 6.77. The lowest BCUT2D eigenvalue weighted by Gasteiger charge is -2.22. The van der Waals surface area contributed by atoms with Crippen LogP contribution in [0.3, 0.4) is 0 Å². The zero-order chi connectivity index (χ0) is 19.9. The van der Waals surface area contributed by atoms with Crippen LogP contribution in [-0.2, 0) is 29.3 Å². The molecule has 3 rings (SSSR count). The quantitative estimate of drug-likeness (QED) is 0.528. The van der Waals surface area contributed by atoms with Crippen molar-refractivity contribution in [2.24, 2.45) is 0 Å². The Morgan fingerprint density at radius 2 is 1.89 bits per heavy atom. The van der Waals surface area contributed by atoms with E-state index in [1.165, 1.54) is 43.1 Å². The van der Waals surface area contributed by atoms with Crippen LogP contribution in [0.1, 0.15) is 12.0 Å². The van der Waals surface area contributed by atoms with E-state index in [4.69, 9.17) is 4.74 Å². The Labute approximate surface area is 155 Å². The summed E-state index contributed by atoms with van der Waals surface area (Å²) in [5, 5.41) is 0. The van der Waals surface area contributed by atoms with Gasteiger partial charge in [-0.15, -0.1) is 0 Å². The summed E-state index contributed by atoms with van der Waals surface area (Å²) < 4.78 is 18.9. The van der Waals surface area contributed by atoms with E-state index in [1.54, 1.807) is 0 Å². The Morgan fingerprint density at radius 3 is 2.52 bits per heavy atom. The van der Waals surface area contributed by atoms with Crippen molar-refractivity contribution < 1.29 is 28.3 Å². The van der Waals surface area contributed by atoms with Gasteiger partial charge in [-0.05, 0) is 18.2 Å². The summed E-state index contributed by atoms with van der Waals surface area (Å²) in [5.74, 6) is -3.09. The summed E-state index contributed by atoms with van der Waals surface area (Å²) in [6.45, 7) is -0.0835. The number of anilines is 1. The third-order valence-electron chi connectivity index (χ3n) is 4.96. The zero-order valence-electron chi connectivity index (χ0n) is 15.3. The van der Waals surface area contributed by atoms with Gasteiger partial charge in [0.2, 0.25) is 17.7 Å². The molecule has 0 aliphatic carbocycles. The van der Waals surface area contributed by atoms with Crippen molar-refractivity contribution in [3.05, 3.63) is 29.6 Å². The Hall–Kier alpha value is -2.81. The van der Waals surface area contributed by atoms with Crippen LogP contribution in [0.2, 0.25) is 0 Å². The van der Waals surface area contributed by atoms with Gasteiger partial charge < -0.3 is 14.5 Å². The molecule has 1 aromatic carbocycles.